The molecule has 0 unspecified atom stereocenters. The van der Waals surface area contributed by atoms with E-state index in [0.717, 1.165) is 38.8 Å². The van der Waals surface area contributed by atoms with Crippen molar-refractivity contribution < 1.29 is 9.59 Å². The van der Waals surface area contributed by atoms with Gasteiger partial charge in [-0.05, 0) is 54.6 Å². The molecule has 1 spiro atoms. The van der Waals surface area contributed by atoms with E-state index in [1.54, 1.807) is 0 Å². The molecule has 1 aromatic carbocycles. The zero-order valence-corrected chi connectivity index (χ0v) is 14.8. The quantitative estimate of drug-likeness (QED) is 0.920. The van der Waals surface area contributed by atoms with Crippen LogP contribution in [0.3, 0.4) is 0 Å². The van der Waals surface area contributed by atoms with E-state index in [4.69, 9.17) is 0 Å². The highest BCUT2D eigenvalue weighted by atomic mass is 16.2. The van der Waals surface area contributed by atoms with Crippen LogP contribution in [0.5, 0.6) is 0 Å². The fraction of sp³-hybridized carbons (Fsp3) is 0.619. The fourth-order valence-corrected chi connectivity index (χ4v) is 5.57. The lowest BCUT2D eigenvalue weighted by atomic mass is 9.67. The molecule has 3 atom stereocenters. The summed E-state index contributed by atoms with van der Waals surface area (Å²) in [7, 11) is 0. The Morgan fingerprint density at radius 2 is 1.88 bits per heavy atom. The van der Waals surface area contributed by atoms with Crippen LogP contribution in [0.4, 0.5) is 0 Å². The molecule has 0 aromatic heterocycles. The maximum atomic E-state index is 12.8. The number of rotatable bonds is 3. The SMILES string of the molecule is CCc1ccc([C@@H]2[C@@H]3CN(C(=O)C4CC5(CCC(=O)N5)C4)C[C@@H]32)cc1. The Morgan fingerprint density at radius 3 is 2.44 bits per heavy atom. The maximum absolute atomic E-state index is 12.8. The van der Waals surface area contributed by atoms with Gasteiger partial charge in [0.25, 0.3) is 0 Å². The summed E-state index contributed by atoms with van der Waals surface area (Å²) in [6, 6.07) is 9.06. The van der Waals surface area contributed by atoms with E-state index in [9.17, 15) is 9.59 Å². The van der Waals surface area contributed by atoms with Gasteiger partial charge in [-0.3, -0.25) is 9.59 Å². The number of hydrogen-bond donors (Lipinski definition) is 1. The fourth-order valence-electron chi connectivity index (χ4n) is 5.57. The third-order valence-corrected chi connectivity index (χ3v) is 7.14. The number of fused-ring (bicyclic) bond motifs is 1. The van der Waals surface area contributed by atoms with Gasteiger partial charge in [0.1, 0.15) is 0 Å². The average Bonchev–Trinajstić information content (AvgIpc) is 2.94. The number of nitrogens with zero attached hydrogens (tertiary/aromatic N) is 1. The Morgan fingerprint density at radius 1 is 1.20 bits per heavy atom. The van der Waals surface area contributed by atoms with Crippen LogP contribution in [-0.2, 0) is 16.0 Å². The van der Waals surface area contributed by atoms with Gasteiger partial charge in [0, 0.05) is 31.0 Å². The molecule has 2 saturated heterocycles. The summed E-state index contributed by atoms with van der Waals surface area (Å²) < 4.78 is 0. The van der Waals surface area contributed by atoms with Gasteiger partial charge in [0.15, 0.2) is 0 Å². The van der Waals surface area contributed by atoms with E-state index < -0.39 is 0 Å². The summed E-state index contributed by atoms with van der Waals surface area (Å²) in [5, 5.41) is 3.09. The predicted octanol–water partition coefficient (Wildman–Crippen LogP) is 2.48. The number of aryl methyl sites for hydroxylation is 1. The van der Waals surface area contributed by atoms with Crippen molar-refractivity contribution in [2.45, 2.75) is 50.5 Å². The standard InChI is InChI=1S/C21H26N2O2/c1-2-13-3-5-14(6-4-13)19-16-11-23(12-17(16)19)20(25)15-9-21(10-15)8-7-18(24)22-21/h3-6,15-17,19H,2,7-12H2,1H3,(H,22,24)/t15?,16-,17+,19-,21?. The van der Waals surface area contributed by atoms with Crippen molar-refractivity contribution in [3.8, 4) is 0 Å². The molecular weight excluding hydrogens is 312 g/mol. The number of piperidine rings is 1. The zero-order valence-electron chi connectivity index (χ0n) is 14.8. The van der Waals surface area contributed by atoms with Crippen molar-refractivity contribution in [1.29, 1.82) is 0 Å². The molecule has 25 heavy (non-hydrogen) atoms. The van der Waals surface area contributed by atoms with E-state index in [1.165, 1.54) is 11.1 Å². The second kappa shape index (κ2) is 5.33. The lowest BCUT2D eigenvalue weighted by molar-refractivity contribution is -0.141. The van der Waals surface area contributed by atoms with E-state index in [-0.39, 0.29) is 17.4 Å². The first kappa shape index (κ1) is 15.4. The van der Waals surface area contributed by atoms with Crippen LogP contribution in [0.15, 0.2) is 24.3 Å². The number of hydrogen-bond acceptors (Lipinski definition) is 2. The number of carbonyl (C=O) groups excluding carboxylic acids is 2. The molecule has 1 N–H and O–H groups in total. The minimum Gasteiger partial charge on any atom is -0.351 e. The molecule has 1 aromatic rings. The van der Waals surface area contributed by atoms with E-state index in [0.29, 0.717) is 30.1 Å². The summed E-state index contributed by atoms with van der Waals surface area (Å²) in [5.74, 6) is 2.62. The van der Waals surface area contributed by atoms with Crippen LogP contribution in [-0.4, -0.2) is 35.3 Å². The number of nitrogens with one attached hydrogen (secondary N) is 1. The first-order valence-corrected chi connectivity index (χ1v) is 9.77. The minimum atomic E-state index is -0.0381. The Bertz CT molecular complexity index is 708. The molecule has 2 saturated carbocycles. The molecule has 132 valence electrons. The Hall–Kier alpha value is -1.84. The van der Waals surface area contributed by atoms with E-state index in [1.807, 2.05) is 0 Å². The second-order valence-corrected chi connectivity index (χ2v) is 8.63. The molecule has 2 heterocycles. The molecule has 4 aliphatic rings. The average molecular weight is 338 g/mol. The van der Waals surface area contributed by atoms with Crippen LogP contribution in [0, 0.1) is 17.8 Å². The molecule has 2 aliphatic heterocycles. The van der Waals surface area contributed by atoms with Crippen molar-refractivity contribution in [3.63, 3.8) is 0 Å². The van der Waals surface area contributed by atoms with Gasteiger partial charge in [0.05, 0.1) is 0 Å². The van der Waals surface area contributed by atoms with Gasteiger partial charge < -0.3 is 10.2 Å². The smallest absolute Gasteiger partial charge is 0.225 e. The Labute approximate surface area is 149 Å². The third-order valence-electron chi connectivity index (χ3n) is 7.14. The topological polar surface area (TPSA) is 49.4 Å². The molecule has 5 rings (SSSR count). The van der Waals surface area contributed by atoms with Crippen LogP contribution in [0.1, 0.15) is 49.7 Å². The molecule has 0 bridgehead atoms. The number of likely N-dealkylation sites (tertiary alicyclic amines) is 1. The van der Waals surface area contributed by atoms with Gasteiger partial charge in [-0.2, -0.15) is 0 Å². The minimum absolute atomic E-state index is 0.0381. The molecular formula is C21H26N2O2. The first-order chi connectivity index (χ1) is 12.1. The third kappa shape index (κ3) is 2.41. The van der Waals surface area contributed by atoms with E-state index >= 15 is 0 Å². The van der Waals surface area contributed by atoms with Crippen molar-refractivity contribution >= 4 is 11.8 Å². The number of amides is 2. The molecule has 2 amide bonds. The molecule has 0 radical (unpaired) electrons. The van der Waals surface area contributed by atoms with Gasteiger partial charge in [0.2, 0.25) is 11.8 Å². The number of benzene rings is 1. The van der Waals surface area contributed by atoms with Gasteiger partial charge in [-0.1, -0.05) is 31.2 Å². The summed E-state index contributed by atoms with van der Waals surface area (Å²) in [6.45, 7) is 4.05. The highest BCUT2D eigenvalue weighted by Crippen LogP contribution is 2.58. The highest BCUT2D eigenvalue weighted by molar-refractivity contribution is 5.84. The maximum Gasteiger partial charge on any atom is 0.225 e. The predicted molar refractivity (Wildman–Crippen MR) is 95.0 cm³/mol. The van der Waals surface area contributed by atoms with E-state index in [2.05, 4.69) is 41.4 Å². The largest absolute Gasteiger partial charge is 0.351 e. The molecule has 4 heteroatoms. The van der Waals surface area contributed by atoms with Gasteiger partial charge in [-0.25, -0.2) is 0 Å². The second-order valence-electron chi connectivity index (χ2n) is 8.63. The molecule has 4 fully saturated rings. The molecule has 4 nitrogen and oxygen atoms in total. The van der Waals surface area contributed by atoms with Crippen molar-refractivity contribution in [2.75, 3.05) is 13.1 Å². The van der Waals surface area contributed by atoms with Crippen molar-refractivity contribution in [1.82, 2.24) is 10.2 Å². The summed E-state index contributed by atoms with van der Waals surface area (Å²) in [5.41, 5.74) is 2.81. The zero-order chi connectivity index (χ0) is 17.2. The normalized spacial score (nSPS) is 38.4. The lowest BCUT2D eigenvalue weighted by Crippen LogP contribution is -2.56. The monoisotopic (exact) mass is 338 g/mol. The summed E-state index contributed by atoms with van der Waals surface area (Å²) in [4.78, 5) is 26.3. The Balaban J connectivity index is 1.16. The van der Waals surface area contributed by atoms with Crippen LogP contribution < -0.4 is 5.32 Å². The van der Waals surface area contributed by atoms with Gasteiger partial charge in [-0.15, -0.1) is 0 Å². The summed E-state index contributed by atoms with van der Waals surface area (Å²) in [6.07, 6.45) is 4.34. The van der Waals surface area contributed by atoms with Gasteiger partial charge >= 0.3 is 0 Å². The lowest BCUT2D eigenvalue weighted by Gasteiger charge is -2.45. The van der Waals surface area contributed by atoms with Crippen LogP contribution >= 0.6 is 0 Å². The van der Waals surface area contributed by atoms with Crippen molar-refractivity contribution in [2.24, 2.45) is 17.8 Å². The number of carbonyl (C=O) groups is 2. The van der Waals surface area contributed by atoms with Crippen molar-refractivity contribution in [3.05, 3.63) is 35.4 Å². The van der Waals surface area contributed by atoms with Crippen LogP contribution in [0.2, 0.25) is 0 Å². The first-order valence-electron chi connectivity index (χ1n) is 9.77. The van der Waals surface area contributed by atoms with Crippen LogP contribution in [0.25, 0.3) is 0 Å². The Kier molecular flexibility index (Phi) is 3.28. The molecule has 2 aliphatic carbocycles. The highest BCUT2D eigenvalue weighted by Gasteiger charge is 2.59. The summed E-state index contributed by atoms with van der Waals surface area (Å²) >= 11 is 0.